The van der Waals surface area contributed by atoms with Crippen molar-refractivity contribution in [2.75, 3.05) is 20.3 Å². The Hall–Kier alpha value is -1.75. The van der Waals surface area contributed by atoms with Gasteiger partial charge in [0.2, 0.25) is 5.91 Å². The number of nitrogens with zero attached hydrogens (tertiary/aromatic N) is 1. The summed E-state index contributed by atoms with van der Waals surface area (Å²) in [5.74, 6) is 0.485. The minimum Gasteiger partial charge on any atom is -0.491 e. The fourth-order valence-electron chi connectivity index (χ4n) is 2.22. The van der Waals surface area contributed by atoms with Crippen molar-refractivity contribution in [1.29, 1.82) is 0 Å². The maximum atomic E-state index is 12.2. The number of carbonyl (C=O) groups is 2. The molecular weight excluding hydrogens is 294 g/mol. The van der Waals surface area contributed by atoms with Gasteiger partial charge in [0.15, 0.2) is 0 Å². The lowest BCUT2D eigenvalue weighted by Crippen LogP contribution is -2.32. The number of esters is 1. The van der Waals surface area contributed by atoms with Crippen LogP contribution in [0.1, 0.15) is 24.8 Å². The quantitative estimate of drug-likeness (QED) is 0.801. The van der Waals surface area contributed by atoms with Crippen molar-refractivity contribution in [3.63, 3.8) is 0 Å². The molecule has 1 amide bonds. The number of carbonyl (C=O) groups excluding carboxylic acids is 2. The van der Waals surface area contributed by atoms with Gasteiger partial charge in [-0.1, -0.05) is 11.6 Å². The summed E-state index contributed by atoms with van der Waals surface area (Å²) in [5.41, 5.74) is 0.904. The minimum absolute atomic E-state index is 0.00956. The summed E-state index contributed by atoms with van der Waals surface area (Å²) in [5, 5.41) is 0.623. The van der Waals surface area contributed by atoms with Gasteiger partial charge < -0.3 is 14.4 Å². The monoisotopic (exact) mass is 311 g/mol. The van der Waals surface area contributed by atoms with Gasteiger partial charge in [-0.05, 0) is 24.6 Å². The van der Waals surface area contributed by atoms with Crippen LogP contribution in [0.15, 0.2) is 18.2 Å². The summed E-state index contributed by atoms with van der Waals surface area (Å²) in [6, 6.07) is 5.41. The molecule has 1 aromatic rings. The van der Waals surface area contributed by atoms with Crippen LogP contribution in [0.4, 0.5) is 0 Å². The number of hydrogen-bond acceptors (Lipinski definition) is 4. The SMILES string of the molecule is COC(=O)CCCC(=O)N1CCOc2ccc(Cl)cc2C1. The summed E-state index contributed by atoms with van der Waals surface area (Å²) in [6.07, 6.45) is 1.07. The standard InChI is InChI=1S/C15H18ClNO4/c1-20-15(19)4-2-3-14(18)17-7-8-21-13-6-5-12(16)9-11(13)10-17/h5-6,9H,2-4,7-8,10H2,1H3. The van der Waals surface area contributed by atoms with Crippen molar-refractivity contribution in [3.05, 3.63) is 28.8 Å². The van der Waals surface area contributed by atoms with Crippen molar-refractivity contribution >= 4 is 23.5 Å². The van der Waals surface area contributed by atoms with E-state index in [9.17, 15) is 9.59 Å². The molecule has 0 unspecified atom stereocenters. The molecule has 2 rings (SSSR count). The number of benzene rings is 1. The van der Waals surface area contributed by atoms with Crippen LogP contribution in [-0.4, -0.2) is 37.0 Å². The molecule has 0 spiro atoms. The van der Waals surface area contributed by atoms with Crippen LogP contribution in [0, 0.1) is 0 Å². The number of amides is 1. The van der Waals surface area contributed by atoms with E-state index in [1.165, 1.54) is 7.11 Å². The number of rotatable bonds is 4. The molecule has 114 valence electrons. The molecule has 1 heterocycles. The molecule has 0 atom stereocenters. The van der Waals surface area contributed by atoms with Gasteiger partial charge in [-0.15, -0.1) is 0 Å². The van der Waals surface area contributed by atoms with Gasteiger partial charge in [-0.25, -0.2) is 0 Å². The molecule has 1 aliphatic heterocycles. The van der Waals surface area contributed by atoms with Crippen molar-refractivity contribution < 1.29 is 19.1 Å². The maximum Gasteiger partial charge on any atom is 0.305 e. The lowest BCUT2D eigenvalue weighted by atomic mass is 10.1. The Labute approximate surface area is 128 Å². The van der Waals surface area contributed by atoms with Crippen LogP contribution in [-0.2, 0) is 20.9 Å². The van der Waals surface area contributed by atoms with Crippen LogP contribution in [0.3, 0.4) is 0 Å². The fourth-order valence-corrected chi connectivity index (χ4v) is 2.41. The second kappa shape index (κ2) is 7.31. The van der Waals surface area contributed by atoms with Gasteiger partial charge >= 0.3 is 5.97 Å². The molecule has 0 saturated carbocycles. The Morgan fingerprint density at radius 3 is 2.95 bits per heavy atom. The first-order chi connectivity index (χ1) is 10.1. The van der Waals surface area contributed by atoms with E-state index >= 15 is 0 Å². The number of fused-ring (bicyclic) bond motifs is 1. The Morgan fingerprint density at radius 1 is 1.38 bits per heavy atom. The average Bonchev–Trinajstić information content (AvgIpc) is 2.68. The number of ether oxygens (including phenoxy) is 2. The Bertz CT molecular complexity index is 532. The molecule has 5 nitrogen and oxygen atoms in total. The van der Waals surface area contributed by atoms with Gasteiger partial charge in [-0.2, -0.15) is 0 Å². The third-order valence-electron chi connectivity index (χ3n) is 3.35. The summed E-state index contributed by atoms with van der Waals surface area (Å²) in [4.78, 5) is 25.0. The predicted molar refractivity (Wildman–Crippen MR) is 78.2 cm³/mol. The second-order valence-electron chi connectivity index (χ2n) is 4.85. The van der Waals surface area contributed by atoms with Crippen molar-refractivity contribution in [2.45, 2.75) is 25.8 Å². The Kier molecular flexibility index (Phi) is 5.44. The zero-order chi connectivity index (χ0) is 15.2. The van der Waals surface area contributed by atoms with E-state index in [0.717, 1.165) is 11.3 Å². The van der Waals surface area contributed by atoms with E-state index in [0.29, 0.717) is 37.6 Å². The molecule has 0 aromatic heterocycles. The van der Waals surface area contributed by atoms with E-state index in [4.69, 9.17) is 16.3 Å². The van der Waals surface area contributed by atoms with Crippen LogP contribution < -0.4 is 4.74 Å². The Morgan fingerprint density at radius 2 is 2.19 bits per heavy atom. The van der Waals surface area contributed by atoms with Crippen LogP contribution in [0.2, 0.25) is 5.02 Å². The smallest absolute Gasteiger partial charge is 0.305 e. The van der Waals surface area contributed by atoms with E-state index in [1.807, 2.05) is 12.1 Å². The molecule has 6 heteroatoms. The molecule has 0 saturated heterocycles. The maximum absolute atomic E-state index is 12.2. The van der Waals surface area contributed by atoms with Crippen LogP contribution >= 0.6 is 11.6 Å². The second-order valence-corrected chi connectivity index (χ2v) is 5.28. The highest BCUT2D eigenvalue weighted by Crippen LogP contribution is 2.26. The van der Waals surface area contributed by atoms with Gasteiger partial charge in [-0.3, -0.25) is 9.59 Å². The summed E-state index contributed by atoms with van der Waals surface area (Å²) < 4.78 is 10.2. The zero-order valence-corrected chi connectivity index (χ0v) is 12.7. The fraction of sp³-hybridized carbons (Fsp3) is 0.467. The van der Waals surface area contributed by atoms with E-state index in [1.54, 1.807) is 11.0 Å². The van der Waals surface area contributed by atoms with Crippen molar-refractivity contribution in [1.82, 2.24) is 4.90 Å². The zero-order valence-electron chi connectivity index (χ0n) is 11.9. The molecular formula is C15H18ClNO4. The predicted octanol–water partition coefficient (Wildman–Crippen LogP) is 2.40. The molecule has 21 heavy (non-hydrogen) atoms. The van der Waals surface area contributed by atoms with Crippen molar-refractivity contribution in [3.8, 4) is 5.75 Å². The highest BCUT2D eigenvalue weighted by molar-refractivity contribution is 6.30. The largest absolute Gasteiger partial charge is 0.491 e. The molecule has 1 aromatic carbocycles. The summed E-state index contributed by atoms with van der Waals surface area (Å²) in [6.45, 7) is 1.47. The first-order valence-corrected chi connectivity index (χ1v) is 7.24. The molecule has 0 fully saturated rings. The summed E-state index contributed by atoms with van der Waals surface area (Å²) >= 11 is 5.98. The number of halogens is 1. The third kappa shape index (κ3) is 4.36. The highest BCUT2D eigenvalue weighted by atomic mass is 35.5. The number of hydrogen-bond donors (Lipinski definition) is 0. The number of methoxy groups -OCH3 is 1. The lowest BCUT2D eigenvalue weighted by molar-refractivity contribution is -0.141. The molecule has 0 N–H and O–H groups in total. The van der Waals surface area contributed by atoms with Crippen LogP contribution in [0.25, 0.3) is 0 Å². The van der Waals surface area contributed by atoms with Gasteiger partial charge in [0.25, 0.3) is 0 Å². The molecule has 1 aliphatic rings. The highest BCUT2D eigenvalue weighted by Gasteiger charge is 2.20. The molecule has 0 radical (unpaired) electrons. The van der Waals surface area contributed by atoms with Gasteiger partial charge in [0.05, 0.1) is 13.7 Å². The van der Waals surface area contributed by atoms with Crippen LogP contribution in [0.5, 0.6) is 5.75 Å². The van der Waals surface area contributed by atoms with Gasteiger partial charge in [0.1, 0.15) is 12.4 Å². The molecule has 0 aliphatic carbocycles. The molecule has 0 bridgehead atoms. The van der Waals surface area contributed by atoms with E-state index < -0.39 is 0 Å². The first kappa shape index (κ1) is 15.6. The van der Waals surface area contributed by atoms with Crippen molar-refractivity contribution in [2.24, 2.45) is 0 Å². The lowest BCUT2D eigenvalue weighted by Gasteiger charge is -2.19. The normalized spacial score (nSPS) is 13.9. The average molecular weight is 312 g/mol. The first-order valence-electron chi connectivity index (χ1n) is 6.86. The van der Waals surface area contributed by atoms with Gasteiger partial charge in [0, 0.05) is 30.0 Å². The Balaban J connectivity index is 1.94. The summed E-state index contributed by atoms with van der Waals surface area (Å²) in [7, 11) is 1.34. The van der Waals surface area contributed by atoms with E-state index in [2.05, 4.69) is 4.74 Å². The third-order valence-corrected chi connectivity index (χ3v) is 3.59. The minimum atomic E-state index is -0.292. The topological polar surface area (TPSA) is 55.8 Å². The van der Waals surface area contributed by atoms with E-state index in [-0.39, 0.29) is 18.3 Å².